The van der Waals surface area contributed by atoms with Gasteiger partial charge in [-0.2, -0.15) is 0 Å². The maximum absolute atomic E-state index is 12.0. The van der Waals surface area contributed by atoms with Gasteiger partial charge in [0.05, 0.1) is 6.42 Å². The molecule has 0 spiro atoms. The largest absolute Gasteiger partial charge is 0.452 e. The van der Waals surface area contributed by atoms with Crippen LogP contribution in [0.25, 0.3) is 0 Å². The number of carbonyl (C=O) groups excluding carboxylic acids is 2. The number of esters is 1. The number of nitrogens with one attached hydrogen (secondary N) is 1. The molecule has 1 atom stereocenters. The second-order valence-corrected chi connectivity index (χ2v) is 6.43. The van der Waals surface area contributed by atoms with Crippen molar-refractivity contribution >= 4 is 40.5 Å². The minimum Gasteiger partial charge on any atom is -0.452 e. The van der Waals surface area contributed by atoms with Crippen molar-refractivity contribution in [2.24, 2.45) is 0 Å². The lowest BCUT2D eigenvalue weighted by atomic mass is 10.3. The minimum absolute atomic E-state index is 0.0201. The van der Waals surface area contributed by atoms with Crippen LogP contribution >= 0.6 is 22.9 Å². The Hall–Kier alpha value is -2.12. The van der Waals surface area contributed by atoms with E-state index in [0.717, 1.165) is 17.0 Å². The second kappa shape index (κ2) is 8.12. The molecule has 0 fully saturated rings. The third-order valence-electron chi connectivity index (χ3n) is 3.29. The highest BCUT2D eigenvalue weighted by atomic mass is 35.5. The number of carbonyl (C=O) groups is 2. The highest BCUT2D eigenvalue weighted by Gasteiger charge is 2.18. The Bertz CT molecular complexity index is 799. The topological polar surface area (TPSA) is 77.4 Å². The van der Waals surface area contributed by atoms with Gasteiger partial charge in [-0.15, -0.1) is 0 Å². The number of hydrogen-bond acceptors (Lipinski definition) is 5. The van der Waals surface area contributed by atoms with Crippen LogP contribution < -0.4 is 10.2 Å². The van der Waals surface area contributed by atoms with Gasteiger partial charge in [0.1, 0.15) is 0 Å². The normalized spacial score (nSPS) is 11.8. The monoisotopic (exact) mass is 368 g/mol. The van der Waals surface area contributed by atoms with Crippen molar-refractivity contribution in [1.29, 1.82) is 0 Å². The maximum Gasteiger partial charge on any atom is 0.308 e. The Morgan fingerprint density at radius 3 is 2.79 bits per heavy atom. The third kappa shape index (κ3) is 4.94. The van der Waals surface area contributed by atoms with Crippen LogP contribution in [0.3, 0.4) is 0 Å². The van der Waals surface area contributed by atoms with Gasteiger partial charge in [-0.1, -0.05) is 29.0 Å². The molecule has 1 aromatic carbocycles. The van der Waals surface area contributed by atoms with Crippen LogP contribution in [0.15, 0.2) is 34.4 Å². The molecular formula is C16H17ClN2O4S. The van der Waals surface area contributed by atoms with Gasteiger partial charge in [-0.05, 0) is 32.0 Å². The fourth-order valence-electron chi connectivity index (χ4n) is 2.00. The fourth-order valence-corrected chi connectivity index (χ4v) is 2.95. The summed E-state index contributed by atoms with van der Waals surface area (Å²) in [5.41, 5.74) is 1.32. The molecule has 0 bridgehead atoms. The summed E-state index contributed by atoms with van der Waals surface area (Å²) < 4.78 is 6.60. The number of halogens is 1. The Labute approximate surface area is 148 Å². The van der Waals surface area contributed by atoms with Crippen LogP contribution in [-0.2, 0) is 20.9 Å². The Kier molecular flexibility index (Phi) is 6.16. The average molecular weight is 369 g/mol. The Morgan fingerprint density at radius 1 is 1.42 bits per heavy atom. The molecule has 1 amide bonds. The molecule has 1 heterocycles. The molecule has 24 heavy (non-hydrogen) atoms. The first-order valence-electron chi connectivity index (χ1n) is 7.27. The van der Waals surface area contributed by atoms with E-state index < -0.39 is 18.0 Å². The van der Waals surface area contributed by atoms with Gasteiger partial charge in [0.15, 0.2) is 6.10 Å². The zero-order chi connectivity index (χ0) is 17.7. The molecule has 8 heteroatoms. The molecule has 6 nitrogen and oxygen atoms in total. The quantitative estimate of drug-likeness (QED) is 0.795. The average Bonchev–Trinajstić information content (AvgIpc) is 2.84. The summed E-state index contributed by atoms with van der Waals surface area (Å²) in [4.78, 5) is 35.3. The fraction of sp³-hybridized carbons (Fsp3) is 0.312. The first kappa shape index (κ1) is 18.2. The smallest absolute Gasteiger partial charge is 0.308 e. The molecule has 0 radical (unpaired) electrons. The van der Waals surface area contributed by atoms with Crippen molar-refractivity contribution in [2.75, 3.05) is 5.32 Å². The maximum atomic E-state index is 12.0. The molecule has 1 unspecified atom stereocenters. The lowest BCUT2D eigenvalue weighted by Crippen LogP contribution is -2.30. The van der Waals surface area contributed by atoms with Gasteiger partial charge >= 0.3 is 10.8 Å². The molecule has 0 aliphatic rings. The predicted octanol–water partition coefficient (Wildman–Crippen LogP) is 2.83. The molecule has 0 saturated heterocycles. The first-order valence-corrected chi connectivity index (χ1v) is 8.53. The van der Waals surface area contributed by atoms with E-state index in [-0.39, 0.29) is 17.8 Å². The second-order valence-electron chi connectivity index (χ2n) is 5.18. The van der Waals surface area contributed by atoms with E-state index in [9.17, 15) is 14.4 Å². The van der Waals surface area contributed by atoms with Gasteiger partial charge < -0.3 is 14.6 Å². The van der Waals surface area contributed by atoms with Crippen molar-refractivity contribution in [2.45, 2.75) is 32.9 Å². The molecule has 1 N–H and O–H groups in total. The van der Waals surface area contributed by atoms with Crippen molar-refractivity contribution in [3.8, 4) is 0 Å². The van der Waals surface area contributed by atoms with Crippen LogP contribution in [0.1, 0.15) is 19.0 Å². The lowest BCUT2D eigenvalue weighted by molar-refractivity contribution is -0.153. The molecule has 128 valence electrons. The van der Waals surface area contributed by atoms with Crippen molar-refractivity contribution in [3.63, 3.8) is 0 Å². The summed E-state index contributed by atoms with van der Waals surface area (Å²) in [6.07, 6.45) is -0.927. The zero-order valence-electron chi connectivity index (χ0n) is 13.2. The summed E-state index contributed by atoms with van der Waals surface area (Å²) in [6, 6.07) is 6.68. The van der Waals surface area contributed by atoms with Gasteiger partial charge in [0.2, 0.25) is 0 Å². The van der Waals surface area contributed by atoms with Crippen LogP contribution in [0.4, 0.5) is 5.69 Å². The number of aryl methyl sites for hydroxylation is 1. The summed E-state index contributed by atoms with van der Waals surface area (Å²) in [7, 11) is 0. The van der Waals surface area contributed by atoms with Crippen LogP contribution in [-0.4, -0.2) is 22.5 Å². The van der Waals surface area contributed by atoms with Gasteiger partial charge in [-0.25, -0.2) is 0 Å². The number of hydrogen-bond donors (Lipinski definition) is 1. The van der Waals surface area contributed by atoms with Crippen LogP contribution in [0.5, 0.6) is 0 Å². The van der Waals surface area contributed by atoms with Crippen LogP contribution in [0, 0.1) is 6.92 Å². The molecule has 1 aromatic heterocycles. The number of aromatic nitrogens is 1. The van der Waals surface area contributed by atoms with E-state index in [1.54, 1.807) is 36.6 Å². The molecule has 0 aliphatic carbocycles. The van der Waals surface area contributed by atoms with Crippen molar-refractivity contribution < 1.29 is 14.3 Å². The SMILES string of the molecule is Cc1csc(=O)n1CCC(=O)OC(C)C(=O)Nc1cccc(Cl)c1. The number of anilines is 1. The van der Waals surface area contributed by atoms with E-state index in [1.807, 2.05) is 0 Å². The summed E-state index contributed by atoms with van der Waals surface area (Å²) in [6.45, 7) is 3.51. The zero-order valence-corrected chi connectivity index (χ0v) is 14.8. The molecular weight excluding hydrogens is 352 g/mol. The number of benzene rings is 1. The molecule has 2 aromatic rings. The number of nitrogens with zero attached hydrogens (tertiary/aromatic N) is 1. The van der Waals surface area contributed by atoms with E-state index >= 15 is 0 Å². The molecule has 2 rings (SSSR count). The van der Waals surface area contributed by atoms with E-state index in [0.29, 0.717) is 10.7 Å². The summed E-state index contributed by atoms with van der Waals surface area (Å²) in [5, 5.41) is 4.85. The van der Waals surface area contributed by atoms with E-state index in [2.05, 4.69) is 5.32 Å². The van der Waals surface area contributed by atoms with Gasteiger partial charge in [0, 0.05) is 28.3 Å². The summed E-state index contributed by atoms with van der Waals surface area (Å²) in [5.74, 6) is -0.990. The van der Waals surface area contributed by atoms with Crippen molar-refractivity contribution in [1.82, 2.24) is 4.57 Å². The van der Waals surface area contributed by atoms with Crippen molar-refractivity contribution in [3.05, 3.63) is 50.0 Å². The number of amides is 1. The van der Waals surface area contributed by atoms with E-state index in [4.69, 9.17) is 16.3 Å². The van der Waals surface area contributed by atoms with Gasteiger partial charge in [0.25, 0.3) is 5.91 Å². The Morgan fingerprint density at radius 2 is 2.17 bits per heavy atom. The van der Waals surface area contributed by atoms with Gasteiger partial charge in [-0.3, -0.25) is 14.4 Å². The highest BCUT2D eigenvalue weighted by molar-refractivity contribution is 7.07. The minimum atomic E-state index is -0.947. The molecule has 0 saturated carbocycles. The third-order valence-corrected chi connectivity index (χ3v) is 4.40. The van der Waals surface area contributed by atoms with E-state index in [1.165, 1.54) is 11.5 Å². The number of rotatable bonds is 6. The number of thiazole rings is 1. The lowest BCUT2D eigenvalue weighted by Gasteiger charge is -2.14. The predicted molar refractivity (Wildman–Crippen MR) is 93.6 cm³/mol. The number of ether oxygens (including phenoxy) is 1. The summed E-state index contributed by atoms with van der Waals surface area (Å²) >= 11 is 6.93. The molecule has 0 aliphatic heterocycles. The standard InChI is InChI=1S/C16H17ClN2O4S/c1-10-9-24-16(22)19(10)7-6-14(20)23-11(2)15(21)18-13-5-3-4-12(17)8-13/h3-5,8-9,11H,6-7H2,1-2H3,(H,18,21). The highest BCUT2D eigenvalue weighted by Crippen LogP contribution is 2.15. The van der Waals surface area contributed by atoms with Crippen LogP contribution in [0.2, 0.25) is 5.02 Å². The Balaban J connectivity index is 1.84. The first-order chi connectivity index (χ1) is 11.4.